The molecule has 0 atom stereocenters. The van der Waals surface area contributed by atoms with Gasteiger partial charge in [0.2, 0.25) is 11.8 Å². The number of thiophene rings is 1. The second kappa shape index (κ2) is 10.5. The fourth-order valence-corrected chi connectivity index (χ4v) is 7.67. The molecule has 0 radical (unpaired) electrons. The zero-order valence-corrected chi connectivity index (χ0v) is 22.2. The molecule has 4 aliphatic rings. The summed E-state index contributed by atoms with van der Waals surface area (Å²) in [4.78, 5) is 15.0. The van der Waals surface area contributed by atoms with E-state index in [1.165, 1.54) is 29.7 Å². The zero-order valence-electron chi connectivity index (χ0n) is 21.4. The van der Waals surface area contributed by atoms with Gasteiger partial charge in [0, 0.05) is 43.4 Å². The summed E-state index contributed by atoms with van der Waals surface area (Å²) in [6, 6.07) is 1.04. The Bertz CT molecular complexity index is 1220. The molecule has 2 aliphatic heterocycles. The van der Waals surface area contributed by atoms with Crippen molar-refractivity contribution in [2.24, 2.45) is 0 Å². The van der Waals surface area contributed by atoms with Gasteiger partial charge >= 0.3 is 0 Å². The lowest BCUT2D eigenvalue weighted by atomic mass is 9.91. The van der Waals surface area contributed by atoms with Crippen molar-refractivity contribution in [2.45, 2.75) is 76.0 Å². The van der Waals surface area contributed by atoms with Gasteiger partial charge < -0.3 is 19.5 Å². The molecular weight excluding hydrogens is 488 g/mol. The third kappa shape index (κ3) is 4.96. The number of morpholine rings is 1. The summed E-state index contributed by atoms with van der Waals surface area (Å²) in [7, 11) is 0. The van der Waals surface area contributed by atoms with E-state index in [0.717, 1.165) is 99.8 Å². The van der Waals surface area contributed by atoms with E-state index in [2.05, 4.69) is 21.5 Å². The SMILES string of the molecule is c1nn(C2CCOCC2)cc1Nc1nc(OC2CCC(N3CCOCC3)CC2)c2c3c(sc2n1)CCC3. The van der Waals surface area contributed by atoms with E-state index < -0.39 is 0 Å². The van der Waals surface area contributed by atoms with Crippen LogP contribution in [0.5, 0.6) is 5.88 Å². The fraction of sp³-hybridized carbons (Fsp3) is 0.667. The molecule has 2 aliphatic carbocycles. The molecule has 1 N–H and O–H groups in total. The number of anilines is 2. The van der Waals surface area contributed by atoms with Crippen LogP contribution in [-0.4, -0.2) is 76.3 Å². The number of rotatable bonds is 6. The maximum absolute atomic E-state index is 6.70. The van der Waals surface area contributed by atoms with Crippen molar-refractivity contribution in [1.29, 1.82) is 0 Å². The number of aromatic nitrogens is 4. The lowest BCUT2D eigenvalue weighted by Gasteiger charge is -2.38. The molecule has 9 nitrogen and oxygen atoms in total. The maximum atomic E-state index is 6.70. The van der Waals surface area contributed by atoms with E-state index in [0.29, 0.717) is 18.0 Å². The molecule has 0 aromatic carbocycles. The number of nitrogens with zero attached hydrogens (tertiary/aromatic N) is 5. The Labute approximate surface area is 221 Å². The molecule has 10 heteroatoms. The van der Waals surface area contributed by atoms with Crippen LogP contribution in [0.25, 0.3) is 10.2 Å². The fourth-order valence-electron chi connectivity index (χ4n) is 6.41. The van der Waals surface area contributed by atoms with Crippen molar-refractivity contribution in [2.75, 3.05) is 44.8 Å². The molecule has 2 saturated heterocycles. The summed E-state index contributed by atoms with van der Waals surface area (Å²) in [6.45, 7) is 5.44. The van der Waals surface area contributed by atoms with Crippen LogP contribution in [0.3, 0.4) is 0 Å². The highest BCUT2D eigenvalue weighted by Gasteiger charge is 2.30. The van der Waals surface area contributed by atoms with Crippen LogP contribution < -0.4 is 10.1 Å². The summed E-state index contributed by atoms with van der Waals surface area (Å²) in [5.74, 6) is 1.36. The molecule has 0 amide bonds. The first-order chi connectivity index (χ1) is 18.3. The summed E-state index contributed by atoms with van der Waals surface area (Å²) >= 11 is 1.81. The van der Waals surface area contributed by atoms with Crippen molar-refractivity contribution in [3.05, 3.63) is 22.8 Å². The topological polar surface area (TPSA) is 86.6 Å². The number of aryl methyl sites for hydroxylation is 2. The van der Waals surface area contributed by atoms with Gasteiger partial charge in [0.25, 0.3) is 0 Å². The Morgan fingerprint density at radius 3 is 2.57 bits per heavy atom. The van der Waals surface area contributed by atoms with Crippen LogP contribution in [0.15, 0.2) is 12.4 Å². The van der Waals surface area contributed by atoms with Crippen LogP contribution in [0.1, 0.15) is 61.4 Å². The average Bonchev–Trinajstić information content (AvgIpc) is 3.67. The first-order valence-electron chi connectivity index (χ1n) is 14.0. The van der Waals surface area contributed by atoms with Gasteiger partial charge in [-0.3, -0.25) is 9.58 Å². The van der Waals surface area contributed by atoms with E-state index in [1.54, 1.807) is 0 Å². The highest BCUT2D eigenvalue weighted by atomic mass is 32.1. The quantitative estimate of drug-likeness (QED) is 0.505. The van der Waals surface area contributed by atoms with Gasteiger partial charge in [0.05, 0.1) is 36.5 Å². The van der Waals surface area contributed by atoms with E-state index in [4.69, 9.17) is 24.2 Å². The number of nitrogens with one attached hydrogen (secondary N) is 1. The number of ether oxygens (including phenoxy) is 3. The largest absolute Gasteiger partial charge is 0.474 e. The standard InChI is InChI=1S/C27H36N6O3S/c1-2-22-23(3-1)37-26-24(22)25(36-21-6-4-19(5-7-21)32-10-14-35-15-11-32)30-27(31-26)29-18-16-28-33(17-18)20-8-12-34-13-9-20/h16-17,19-21H,1-15H2,(H,29,30,31). The lowest BCUT2D eigenvalue weighted by Crippen LogP contribution is -2.46. The van der Waals surface area contributed by atoms with Gasteiger partial charge in [0.1, 0.15) is 10.9 Å². The minimum atomic E-state index is 0.205. The minimum absolute atomic E-state index is 0.205. The number of hydrogen-bond donors (Lipinski definition) is 1. The molecule has 0 spiro atoms. The Balaban J connectivity index is 1.10. The Kier molecular flexibility index (Phi) is 6.74. The molecular formula is C27H36N6O3S. The van der Waals surface area contributed by atoms with E-state index in [1.807, 2.05) is 22.2 Å². The van der Waals surface area contributed by atoms with Gasteiger partial charge in [-0.2, -0.15) is 10.1 Å². The average molecular weight is 525 g/mol. The Morgan fingerprint density at radius 2 is 1.73 bits per heavy atom. The van der Waals surface area contributed by atoms with E-state index >= 15 is 0 Å². The zero-order chi connectivity index (χ0) is 24.6. The molecule has 0 unspecified atom stereocenters. The highest BCUT2D eigenvalue weighted by Crippen LogP contribution is 2.42. The number of hydrogen-bond acceptors (Lipinski definition) is 9. The predicted octanol–water partition coefficient (Wildman–Crippen LogP) is 4.49. The van der Waals surface area contributed by atoms with Gasteiger partial charge in [-0.1, -0.05) is 0 Å². The van der Waals surface area contributed by atoms with Crippen molar-refractivity contribution in [3.63, 3.8) is 0 Å². The molecule has 198 valence electrons. The second-order valence-corrected chi connectivity index (χ2v) is 11.8. The van der Waals surface area contributed by atoms with E-state index in [-0.39, 0.29) is 6.10 Å². The minimum Gasteiger partial charge on any atom is -0.474 e. The van der Waals surface area contributed by atoms with Gasteiger partial charge in [-0.25, -0.2) is 4.98 Å². The smallest absolute Gasteiger partial charge is 0.232 e. The third-order valence-corrected chi connectivity index (χ3v) is 9.62. The maximum Gasteiger partial charge on any atom is 0.232 e. The van der Waals surface area contributed by atoms with Crippen LogP contribution in [-0.2, 0) is 22.3 Å². The summed E-state index contributed by atoms with van der Waals surface area (Å²) in [5.41, 5.74) is 2.32. The summed E-state index contributed by atoms with van der Waals surface area (Å²) in [6.07, 6.45) is 14.1. The predicted molar refractivity (Wildman–Crippen MR) is 143 cm³/mol. The van der Waals surface area contributed by atoms with Crippen LogP contribution in [0.2, 0.25) is 0 Å². The molecule has 0 bridgehead atoms. The first kappa shape index (κ1) is 23.8. The second-order valence-electron chi connectivity index (χ2n) is 10.8. The van der Waals surface area contributed by atoms with Gasteiger partial charge in [-0.05, 0) is 63.4 Å². The lowest BCUT2D eigenvalue weighted by molar-refractivity contribution is -0.00124. The highest BCUT2D eigenvalue weighted by molar-refractivity contribution is 7.19. The normalized spacial score (nSPS) is 25.4. The van der Waals surface area contributed by atoms with Crippen LogP contribution in [0, 0.1) is 0 Å². The molecule has 1 saturated carbocycles. The monoisotopic (exact) mass is 524 g/mol. The molecule has 7 rings (SSSR count). The van der Waals surface area contributed by atoms with Crippen molar-refractivity contribution in [1.82, 2.24) is 24.6 Å². The van der Waals surface area contributed by atoms with Crippen molar-refractivity contribution in [3.8, 4) is 5.88 Å². The van der Waals surface area contributed by atoms with Gasteiger partial charge in [-0.15, -0.1) is 11.3 Å². The first-order valence-corrected chi connectivity index (χ1v) is 14.8. The van der Waals surface area contributed by atoms with Crippen molar-refractivity contribution < 1.29 is 14.2 Å². The molecule has 5 heterocycles. The molecule has 3 aromatic rings. The summed E-state index contributed by atoms with van der Waals surface area (Å²) in [5, 5.41) is 9.17. The molecule has 3 aromatic heterocycles. The molecule has 37 heavy (non-hydrogen) atoms. The van der Waals surface area contributed by atoms with E-state index in [9.17, 15) is 0 Å². The third-order valence-electron chi connectivity index (χ3n) is 8.44. The van der Waals surface area contributed by atoms with Crippen molar-refractivity contribution >= 4 is 33.2 Å². The van der Waals surface area contributed by atoms with Crippen LogP contribution in [0.4, 0.5) is 11.6 Å². The summed E-state index contributed by atoms with van der Waals surface area (Å²) < 4.78 is 19.8. The number of fused-ring (bicyclic) bond motifs is 3. The molecule has 3 fully saturated rings. The van der Waals surface area contributed by atoms with Gasteiger partial charge in [0.15, 0.2) is 0 Å². The Morgan fingerprint density at radius 1 is 0.919 bits per heavy atom. The Hall–Kier alpha value is -2.27. The van der Waals surface area contributed by atoms with Crippen LogP contribution >= 0.6 is 11.3 Å².